The van der Waals surface area contributed by atoms with Crippen LogP contribution in [0.2, 0.25) is 0 Å². The van der Waals surface area contributed by atoms with Crippen molar-refractivity contribution in [3.63, 3.8) is 0 Å². The molecular weight excluding hydrogens is 402 g/mol. The second-order valence-corrected chi connectivity index (χ2v) is 11.8. The lowest BCUT2D eigenvalue weighted by atomic mass is 9.44. The van der Waals surface area contributed by atoms with E-state index in [0.717, 1.165) is 51.6 Å². The number of rotatable bonds is 4. The topological polar surface area (TPSA) is 67.8 Å². The van der Waals surface area contributed by atoms with Crippen molar-refractivity contribution in [1.29, 1.82) is 0 Å². The minimum atomic E-state index is -0.302. The third-order valence-corrected chi connectivity index (χ3v) is 10.3. The van der Waals surface area contributed by atoms with Crippen LogP contribution in [-0.2, 0) is 14.3 Å². The number of ether oxygens (including phenoxy) is 2. The molecule has 32 heavy (non-hydrogen) atoms. The molecule has 5 nitrogen and oxygen atoms in total. The molecule has 3 fully saturated rings. The van der Waals surface area contributed by atoms with Crippen molar-refractivity contribution >= 4 is 5.97 Å². The van der Waals surface area contributed by atoms with E-state index in [0.29, 0.717) is 29.7 Å². The van der Waals surface area contributed by atoms with Crippen LogP contribution in [0.4, 0.5) is 0 Å². The molecule has 0 amide bonds. The molecule has 4 rings (SSSR count). The average Bonchev–Trinajstić information content (AvgIpc) is 2.85. The Hall–Kier alpha value is -0.910. The fourth-order valence-electron chi connectivity index (χ4n) is 8.00. The number of hydrogen-bond acceptors (Lipinski definition) is 5. The molecular formula is C27H45NO4. The van der Waals surface area contributed by atoms with Crippen molar-refractivity contribution in [2.75, 3.05) is 13.7 Å². The fraction of sp³-hybridized carbons (Fsp3) is 0.889. The predicted octanol–water partition coefficient (Wildman–Crippen LogP) is 4.48. The first-order valence-corrected chi connectivity index (χ1v) is 12.9. The highest BCUT2D eigenvalue weighted by Crippen LogP contribution is 2.64. The van der Waals surface area contributed by atoms with Crippen LogP contribution in [0.25, 0.3) is 0 Å². The first-order chi connectivity index (χ1) is 15.1. The van der Waals surface area contributed by atoms with Gasteiger partial charge in [0.25, 0.3) is 0 Å². The molecule has 4 aliphatic rings. The highest BCUT2D eigenvalue weighted by Gasteiger charge is 2.61. The molecule has 3 aliphatic carbocycles. The van der Waals surface area contributed by atoms with Gasteiger partial charge in [0.15, 0.2) is 0 Å². The van der Waals surface area contributed by atoms with Crippen LogP contribution in [0, 0.1) is 34.5 Å². The Kier molecular flexibility index (Phi) is 6.84. The summed E-state index contributed by atoms with van der Waals surface area (Å²) in [6.07, 6.45) is 9.05. The van der Waals surface area contributed by atoms with Crippen molar-refractivity contribution in [3.05, 3.63) is 11.6 Å². The number of carbonyl (C=O) groups excluding carboxylic acids is 1. The first kappa shape index (κ1) is 24.2. The molecule has 182 valence electrons. The van der Waals surface area contributed by atoms with Crippen molar-refractivity contribution in [2.24, 2.45) is 34.5 Å². The maximum atomic E-state index is 12.2. The number of allylic oxidation sites excluding steroid dienone is 1. The summed E-state index contributed by atoms with van der Waals surface area (Å²) >= 11 is 0. The lowest BCUT2D eigenvalue weighted by molar-refractivity contribution is -0.189. The highest BCUT2D eigenvalue weighted by molar-refractivity contribution is 5.66. The maximum Gasteiger partial charge on any atom is 0.302 e. The lowest BCUT2D eigenvalue weighted by Gasteiger charge is -2.61. The largest absolute Gasteiger partial charge is 0.462 e. The Morgan fingerprint density at radius 2 is 2.06 bits per heavy atom. The predicted molar refractivity (Wildman–Crippen MR) is 126 cm³/mol. The lowest BCUT2D eigenvalue weighted by Crippen LogP contribution is -2.59. The van der Waals surface area contributed by atoms with Crippen molar-refractivity contribution in [2.45, 2.75) is 104 Å². The van der Waals surface area contributed by atoms with Gasteiger partial charge in [0.2, 0.25) is 0 Å². The number of hydrogen-bond donors (Lipinski definition) is 2. The molecule has 2 N–H and O–H groups in total. The van der Waals surface area contributed by atoms with E-state index in [1.54, 1.807) is 6.92 Å². The Morgan fingerprint density at radius 3 is 2.75 bits per heavy atom. The first-order valence-electron chi connectivity index (χ1n) is 12.9. The maximum absolute atomic E-state index is 12.2. The van der Waals surface area contributed by atoms with Gasteiger partial charge in [-0.15, -0.1) is 0 Å². The van der Waals surface area contributed by atoms with Crippen LogP contribution in [0.15, 0.2) is 11.6 Å². The molecule has 10 unspecified atom stereocenters. The normalized spacial score (nSPS) is 47.2. The van der Waals surface area contributed by atoms with Gasteiger partial charge in [-0.3, -0.25) is 4.79 Å². The van der Waals surface area contributed by atoms with Crippen LogP contribution in [0.5, 0.6) is 0 Å². The SMILES string of the molecule is CNC(C)CC1CC(C)C2(C)C(OC(C)=O)CC3C(CCC4=CC(O)CCC43C)C2CO1. The van der Waals surface area contributed by atoms with E-state index in [1.807, 2.05) is 7.05 Å². The zero-order chi connectivity index (χ0) is 23.3. The molecule has 1 heterocycles. The number of carbonyl (C=O) groups is 1. The zero-order valence-corrected chi connectivity index (χ0v) is 21.0. The van der Waals surface area contributed by atoms with Gasteiger partial charge in [0.1, 0.15) is 6.10 Å². The van der Waals surface area contributed by atoms with E-state index in [9.17, 15) is 9.90 Å². The van der Waals surface area contributed by atoms with Gasteiger partial charge in [0, 0.05) is 18.4 Å². The number of fused-ring (bicyclic) bond motifs is 5. The molecule has 0 aromatic rings. The Labute approximate surface area is 194 Å². The van der Waals surface area contributed by atoms with Crippen molar-refractivity contribution < 1.29 is 19.4 Å². The number of aliphatic hydroxyl groups excluding tert-OH is 1. The third kappa shape index (κ3) is 4.07. The van der Waals surface area contributed by atoms with E-state index in [2.05, 4.69) is 39.1 Å². The summed E-state index contributed by atoms with van der Waals surface area (Å²) in [5.74, 6) is 1.70. The second kappa shape index (κ2) is 9.03. The summed E-state index contributed by atoms with van der Waals surface area (Å²) < 4.78 is 12.8. The van der Waals surface area contributed by atoms with Crippen LogP contribution >= 0.6 is 0 Å². The molecule has 5 heteroatoms. The highest BCUT2D eigenvalue weighted by atomic mass is 16.5. The summed E-state index contributed by atoms with van der Waals surface area (Å²) in [5, 5.41) is 13.6. The van der Waals surface area contributed by atoms with Gasteiger partial charge in [-0.1, -0.05) is 32.4 Å². The van der Waals surface area contributed by atoms with E-state index >= 15 is 0 Å². The van der Waals surface area contributed by atoms with Crippen molar-refractivity contribution in [3.8, 4) is 0 Å². The summed E-state index contributed by atoms with van der Waals surface area (Å²) in [7, 11) is 2.02. The smallest absolute Gasteiger partial charge is 0.302 e. The molecule has 0 spiro atoms. The van der Waals surface area contributed by atoms with E-state index in [1.165, 1.54) is 5.57 Å². The van der Waals surface area contributed by atoms with Gasteiger partial charge < -0.3 is 19.9 Å². The molecule has 2 saturated carbocycles. The Balaban J connectivity index is 1.69. The molecule has 0 aromatic carbocycles. The minimum absolute atomic E-state index is 0.0732. The van der Waals surface area contributed by atoms with Gasteiger partial charge in [0.05, 0.1) is 18.8 Å². The molecule has 0 aromatic heterocycles. The quantitative estimate of drug-likeness (QED) is 0.491. The molecule has 1 saturated heterocycles. The van der Waals surface area contributed by atoms with Gasteiger partial charge in [-0.05, 0) is 88.0 Å². The molecule has 0 bridgehead atoms. The number of aliphatic hydroxyl groups is 1. The van der Waals surface area contributed by atoms with Gasteiger partial charge in [-0.25, -0.2) is 0 Å². The van der Waals surface area contributed by atoms with Crippen LogP contribution in [0.1, 0.15) is 79.6 Å². The standard InChI is InChI=1S/C27H45NO4/c1-16-11-21(12-17(2)28-6)31-15-24-22-8-7-19-13-20(30)9-10-26(19,4)23(22)14-25(27(16,24)5)32-18(3)29/h13,16-17,20-25,28,30H,7-12,14-15H2,1-6H3. The Morgan fingerprint density at radius 1 is 1.31 bits per heavy atom. The molecule has 0 radical (unpaired) electrons. The molecule has 1 aliphatic heterocycles. The van der Waals surface area contributed by atoms with Gasteiger partial charge in [-0.2, -0.15) is 0 Å². The minimum Gasteiger partial charge on any atom is -0.462 e. The Bertz CT molecular complexity index is 737. The summed E-state index contributed by atoms with van der Waals surface area (Å²) in [6.45, 7) is 11.7. The zero-order valence-electron chi connectivity index (χ0n) is 21.0. The summed E-state index contributed by atoms with van der Waals surface area (Å²) in [5.41, 5.74) is 1.46. The van der Waals surface area contributed by atoms with Crippen LogP contribution in [0.3, 0.4) is 0 Å². The number of nitrogens with one attached hydrogen (secondary N) is 1. The van der Waals surface area contributed by atoms with Crippen molar-refractivity contribution in [1.82, 2.24) is 5.32 Å². The summed E-state index contributed by atoms with van der Waals surface area (Å²) in [4.78, 5) is 12.2. The third-order valence-electron chi connectivity index (χ3n) is 10.3. The monoisotopic (exact) mass is 447 g/mol. The molecule has 10 atom stereocenters. The van der Waals surface area contributed by atoms with Gasteiger partial charge >= 0.3 is 5.97 Å². The second-order valence-electron chi connectivity index (χ2n) is 11.8. The van der Waals surface area contributed by atoms with E-state index in [4.69, 9.17) is 9.47 Å². The van der Waals surface area contributed by atoms with E-state index in [-0.39, 0.29) is 35.1 Å². The average molecular weight is 448 g/mol. The summed E-state index contributed by atoms with van der Waals surface area (Å²) in [6, 6.07) is 0.423. The number of esters is 1. The van der Waals surface area contributed by atoms with Crippen LogP contribution < -0.4 is 5.32 Å². The fourth-order valence-corrected chi connectivity index (χ4v) is 8.00. The van der Waals surface area contributed by atoms with E-state index < -0.39 is 0 Å². The van der Waals surface area contributed by atoms with Crippen LogP contribution in [-0.4, -0.2) is 49.1 Å².